The first-order valence-corrected chi connectivity index (χ1v) is 5.48. The lowest BCUT2D eigenvalue weighted by molar-refractivity contribution is -0.115. The molecule has 16 heavy (non-hydrogen) atoms. The van der Waals surface area contributed by atoms with Crippen LogP contribution >= 0.6 is 0 Å². The molecule has 0 aromatic carbocycles. The lowest BCUT2D eigenvalue weighted by atomic mass is 10.2. The van der Waals surface area contributed by atoms with Crippen molar-refractivity contribution in [3.05, 3.63) is 12.7 Å². The van der Waals surface area contributed by atoms with Crippen molar-refractivity contribution in [3.8, 4) is 0 Å². The molecule has 1 aliphatic rings. The Balaban J connectivity index is 2.59. The van der Waals surface area contributed by atoms with Crippen molar-refractivity contribution in [1.29, 1.82) is 0 Å². The molecule has 1 aliphatic carbocycles. The second kappa shape index (κ2) is 4.68. The molecule has 90 valence electrons. The van der Waals surface area contributed by atoms with Crippen molar-refractivity contribution < 1.29 is 14.3 Å². The van der Waals surface area contributed by atoms with Gasteiger partial charge >= 0.3 is 6.09 Å². The van der Waals surface area contributed by atoms with Gasteiger partial charge in [-0.25, -0.2) is 4.79 Å². The predicted octanol–water partition coefficient (Wildman–Crippen LogP) is 2.14. The highest BCUT2D eigenvalue weighted by molar-refractivity contribution is 5.92. The summed E-state index contributed by atoms with van der Waals surface area (Å²) in [7, 11) is 0. The van der Waals surface area contributed by atoms with E-state index in [1.807, 2.05) is 20.8 Å². The summed E-state index contributed by atoms with van der Waals surface area (Å²) >= 11 is 0. The molecule has 0 spiro atoms. The zero-order valence-corrected chi connectivity index (χ0v) is 10.2. The highest BCUT2D eigenvalue weighted by atomic mass is 16.6. The molecule has 1 saturated carbocycles. The Bertz CT molecular complexity index is 300. The standard InChI is InChI=1S/C12H19NO3/c1-5-10(14)8-13(9-6-7-9)11(15)16-12(2,3)4/h5,9H,1,6-8H2,2-4H3. The minimum absolute atomic E-state index is 0.0725. The summed E-state index contributed by atoms with van der Waals surface area (Å²) < 4.78 is 5.25. The maximum absolute atomic E-state index is 11.8. The Morgan fingerprint density at radius 3 is 2.38 bits per heavy atom. The third kappa shape index (κ3) is 4.04. The van der Waals surface area contributed by atoms with Gasteiger partial charge in [-0.1, -0.05) is 6.58 Å². The summed E-state index contributed by atoms with van der Waals surface area (Å²) in [6, 6.07) is 0.166. The summed E-state index contributed by atoms with van der Waals surface area (Å²) in [5.74, 6) is -0.155. The Morgan fingerprint density at radius 2 is 2.00 bits per heavy atom. The summed E-state index contributed by atoms with van der Waals surface area (Å²) in [6.45, 7) is 8.90. The minimum Gasteiger partial charge on any atom is -0.444 e. The molecule has 4 heteroatoms. The summed E-state index contributed by atoms with van der Waals surface area (Å²) in [5, 5.41) is 0. The maximum atomic E-state index is 11.8. The third-order valence-electron chi connectivity index (χ3n) is 2.17. The zero-order chi connectivity index (χ0) is 12.3. The number of carbonyl (C=O) groups is 2. The molecule has 0 bridgehead atoms. The van der Waals surface area contributed by atoms with Crippen LogP contribution in [0.3, 0.4) is 0 Å². The molecule has 0 aliphatic heterocycles. The van der Waals surface area contributed by atoms with Crippen LogP contribution in [-0.4, -0.2) is 35.0 Å². The topological polar surface area (TPSA) is 46.6 Å². The number of amides is 1. The number of ether oxygens (including phenoxy) is 1. The smallest absolute Gasteiger partial charge is 0.410 e. The van der Waals surface area contributed by atoms with E-state index in [1.54, 1.807) is 0 Å². The van der Waals surface area contributed by atoms with Gasteiger partial charge in [0.25, 0.3) is 0 Å². The van der Waals surface area contributed by atoms with Crippen LogP contribution in [0, 0.1) is 0 Å². The number of carbonyl (C=O) groups excluding carboxylic acids is 2. The van der Waals surface area contributed by atoms with Crippen LogP contribution in [-0.2, 0) is 9.53 Å². The van der Waals surface area contributed by atoms with Crippen LogP contribution in [0.25, 0.3) is 0 Å². The Labute approximate surface area is 96.3 Å². The number of hydrogen-bond acceptors (Lipinski definition) is 3. The lowest BCUT2D eigenvalue weighted by Crippen LogP contribution is -2.40. The summed E-state index contributed by atoms with van der Waals surface area (Å²) in [5.41, 5.74) is -0.526. The molecule has 0 heterocycles. The highest BCUT2D eigenvalue weighted by Crippen LogP contribution is 2.28. The van der Waals surface area contributed by atoms with E-state index >= 15 is 0 Å². The van der Waals surface area contributed by atoms with Crippen LogP contribution in [0.1, 0.15) is 33.6 Å². The minimum atomic E-state index is -0.526. The summed E-state index contributed by atoms with van der Waals surface area (Å²) in [6.07, 6.45) is 2.72. The first-order valence-electron chi connectivity index (χ1n) is 5.48. The maximum Gasteiger partial charge on any atom is 0.410 e. The van der Waals surface area contributed by atoms with E-state index in [1.165, 1.54) is 11.0 Å². The van der Waals surface area contributed by atoms with Crippen LogP contribution in [0.4, 0.5) is 4.79 Å². The van der Waals surface area contributed by atoms with Gasteiger partial charge in [0.15, 0.2) is 5.78 Å². The van der Waals surface area contributed by atoms with Crippen molar-refractivity contribution in [2.75, 3.05) is 6.54 Å². The van der Waals surface area contributed by atoms with Crippen LogP contribution in [0.5, 0.6) is 0 Å². The quantitative estimate of drug-likeness (QED) is 0.689. The van der Waals surface area contributed by atoms with Gasteiger partial charge in [-0.2, -0.15) is 0 Å². The molecule has 0 atom stereocenters. The monoisotopic (exact) mass is 225 g/mol. The molecule has 0 radical (unpaired) electrons. The van der Waals surface area contributed by atoms with Crippen molar-refractivity contribution in [2.24, 2.45) is 0 Å². The Morgan fingerprint density at radius 1 is 1.44 bits per heavy atom. The van der Waals surface area contributed by atoms with Gasteiger partial charge in [-0.3, -0.25) is 9.69 Å². The van der Waals surface area contributed by atoms with Gasteiger partial charge in [-0.05, 0) is 39.7 Å². The normalized spacial score (nSPS) is 15.4. The molecule has 0 aromatic heterocycles. The second-order valence-corrected chi connectivity index (χ2v) is 5.01. The number of hydrogen-bond donors (Lipinski definition) is 0. The van der Waals surface area contributed by atoms with E-state index in [4.69, 9.17) is 4.74 Å². The Kier molecular flexibility index (Phi) is 3.73. The highest BCUT2D eigenvalue weighted by Gasteiger charge is 2.35. The predicted molar refractivity (Wildman–Crippen MR) is 61.2 cm³/mol. The van der Waals surface area contributed by atoms with Gasteiger partial charge in [0.2, 0.25) is 0 Å². The fraction of sp³-hybridized carbons (Fsp3) is 0.667. The van der Waals surface area contributed by atoms with E-state index in [0.717, 1.165) is 12.8 Å². The molecule has 1 fully saturated rings. The average molecular weight is 225 g/mol. The molecule has 1 rings (SSSR count). The summed E-state index contributed by atoms with van der Waals surface area (Å²) in [4.78, 5) is 24.6. The molecule has 0 unspecified atom stereocenters. The molecule has 0 N–H and O–H groups in total. The first kappa shape index (κ1) is 12.7. The van der Waals surface area contributed by atoms with Crippen molar-refractivity contribution in [3.63, 3.8) is 0 Å². The van der Waals surface area contributed by atoms with E-state index in [2.05, 4.69) is 6.58 Å². The molecule has 1 amide bonds. The van der Waals surface area contributed by atoms with Crippen molar-refractivity contribution in [2.45, 2.75) is 45.3 Å². The van der Waals surface area contributed by atoms with Gasteiger partial charge in [0.1, 0.15) is 5.60 Å². The molecular weight excluding hydrogens is 206 g/mol. The van der Waals surface area contributed by atoms with E-state index in [0.29, 0.717) is 0 Å². The van der Waals surface area contributed by atoms with E-state index < -0.39 is 11.7 Å². The fourth-order valence-electron chi connectivity index (χ4n) is 1.28. The van der Waals surface area contributed by atoms with E-state index in [9.17, 15) is 9.59 Å². The number of nitrogens with zero attached hydrogens (tertiary/aromatic N) is 1. The fourth-order valence-corrected chi connectivity index (χ4v) is 1.28. The SMILES string of the molecule is C=CC(=O)CN(C(=O)OC(C)(C)C)C1CC1. The molecule has 4 nitrogen and oxygen atoms in total. The van der Waals surface area contributed by atoms with Gasteiger partial charge in [-0.15, -0.1) is 0 Å². The largest absolute Gasteiger partial charge is 0.444 e. The van der Waals surface area contributed by atoms with Crippen LogP contribution in [0.2, 0.25) is 0 Å². The number of ketones is 1. The van der Waals surface area contributed by atoms with Crippen molar-refractivity contribution >= 4 is 11.9 Å². The Hall–Kier alpha value is -1.32. The van der Waals surface area contributed by atoms with E-state index in [-0.39, 0.29) is 18.4 Å². The average Bonchev–Trinajstić information content (AvgIpc) is 2.93. The van der Waals surface area contributed by atoms with Gasteiger partial charge < -0.3 is 4.74 Å². The molecule has 0 aromatic rings. The first-order chi connectivity index (χ1) is 7.33. The van der Waals surface area contributed by atoms with Crippen LogP contribution in [0.15, 0.2) is 12.7 Å². The second-order valence-electron chi connectivity index (χ2n) is 5.01. The van der Waals surface area contributed by atoms with Crippen LogP contribution < -0.4 is 0 Å². The van der Waals surface area contributed by atoms with Gasteiger partial charge in [0.05, 0.1) is 6.54 Å². The van der Waals surface area contributed by atoms with Crippen molar-refractivity contribution in [1.82, 2.24) is 4.90 Å². The number of rotatable bonds is 4. The zero-order valence-electron chi connectivity index (χ0n) is 10.2. The molecule has 0 saturated heterocycles. The lowest BCUT2D eigenvalue weighted by Gasteiger charge is -2.26. The molecular formula is C12H19NO3. The third-order valence-corrected chi connectivity index (χ3v) is 2.17. The van der Waals surface area contributed by atoms with Gasteiger partial charge in [0, 0.05) is 6.04 Å².